The summed E-state index contributed by atoms with van der Waals surface area (Å²) >= 11 is 2.97. The minimum atomic E-state index is -0.0303. The van der Waals surface area contributed by atoms with Crippen LogP contribution in [0.25, 0.3) is 10.2 Å². The lowest BCUT2D eigenvalue weighted by Gasteiger charge is -2.24. The molecular weight excluding hydrogens is 440 g/mol. The van der Waals surface area contributed by atoms with Crippen molar-refractivity contribution in [2.24, 2.45) is 0 Å². The van der Waals surface area contributed by atoms with Crippen molar-refractivity contribution in [2.45, 2.75) is 34.6 Å². The highest BCUT2D eigenvalue weighted by Crippen LogP contribution is 2.35. The van der Waals surface area contributed by atoms with Gasteiger partial charge in [0.1, 0.15) is 16.1 Å². The van der Waals surface area contributed by atoms with E-state index in [9.17, 15) is 4.79 Å². The van der Waals surface area contributed by atoms with Crippen molar-refractivity contribution >= 4 is 56.3 Å². The number of aryl methyl sites for hydroxylation is 2. The normalized spacial score (nSPS) is 11.0. The number of amides is 1. The molecule has 1 amide bonds. The van der Waals surface area contributed by atoms with Crippen LogP contribution in [-0.4, -0.2) is 53.6 Å². The quantitative estimate of drug-likeness (QED) is 0.433. The molecule has 0 saturated heterocycles. The van der Waals surface area contributed by atoms with Crippen LogP contribution in [0.15, 0.2) is 18.2 Å². The number of thiazole rings is 2. The monoisotopic (exact) mass is 468 g/mol. The van der Waals surface area contributed by atoms with Gasteiger partial charge in [0.2, 0.25) is 0 Å². The molecular formula is C21H29ClN4O2S2. The van der Waals surface area contributed by atoms with Gasteiger partial charge in [0.15, 0.2) is 5.13 Å². The number of carbonyl (C=O) groups is 1. The predicted molar refractivity (Wildman–Crippen MR) is 129 cm³/mol. The summed E-state index contributed by atoms with van der Waals surface area (Å²) in [6, 6.07) is 5.91. The van der Waals surface area contributed by atoms with Gasteiger partial charge >= 0.3 is 0 Å². The van der Waals surface area contributed by atoms with Crippen LogP contribution in [-0.2, 0) is 0 Å². The minimum Gasteiger partial charge on any atom is -0.492 e. The van der Waals surface area contributed by atoms with Crippen molar-refractivity contribution < 1.29 is 9.53 Å². The van der Waals surface area contributed by atoms with Crippen LogP contribution in [0.3, 0.4) is 0 Å². The second kappa shape index (κ2) is 11.0. The van der Waals surface area contributed by atoms with Crippen molar-refractivity contribution in [1.29, 1.82) is 0 Å². The first-order valence-electron chi connectivity index (χ1n) is 9.99. The maximum Gasteiger partial charge on any atom is 0.272 e. The maximum atomic E-state index is 13.5. The van der Waals surface area contributed by atoms with Crippen LogP contribution in [0.1, 0.15) is 41.1 Å². The molecule has 2 heterocycles. The van der Waals surface area contributed by atoms with Gasteiger partial charge in [0, 0.05) is 13.1 Å². The molecule has 0 aliphatic rings. The largest absolute Gasteiger partial charge is 0.492 e. The molecule has 0 aliphatic carbocycles. The van der Waals surface area contributed by atoms with Crippen LogP contribution in [0.4, 0.5) is 5.13 Å². The van der Waals surface area contributed by atoms with E-state index in [4.69, 9.17) is 9.72 Å². The molecule has 164 valence electrons. The zero-order valence-electron chi connectivity index (χ0n) is 18.1. The number of para-hydroxylation sites is 1. The van der Waals surface area contributed by atoms with E-state index in [-0.39, 0.29) is 18.3 Å². The van der Waals surface area contributed by atoms with Crippen molar-refractivity contribution in [3.05, 3.63) is 33.8 Å². The van der Waals surface area contributed by atoms with E-state index in [2.05, 4.69) is 23.7 Å². The third-order valence-corrected chi connectivity index (χ3v) is 6.88. The fourth-order valence-electron chi connectivity index (χ4n) is 3.22. The van der Waals surface area contributed by atoms with Crippen LogP contribution in [0, 0.1) is 13.8 Å². The minimum absolute atomic E-state index is 0. The Bertz CT molecular complexity index is 985. The lowest BCUT2D eigenvalue weighted by Crippen LogP contribution is -2.38. The van der Waals surface area contributed by atoms with Gasteiger partial charge < -0.3 is 9.64 Å². The number of likely N-dealkylation sites (N-methyl/N-ethyl adjacent to an activating group) is 1. The van der Waals surface area contributed by atoms with E-state index in [1.54, 1.807) is 4.90 Å². The second-order valence-electron chi connectivity index (χ2n) is 6.66. The van der Waals surface area contributed by atoms with E-state index in [0.717, 1.165) is 46.3 Å². The van der Waals surface area contributed by atoms with E-state index < -0.39 is 0 Å². The molecule has 3 aromatic rings. The van der Waals surface area contributed by atoms with E-state index in [1.807, 2.05) is 39.0 Å². The first-order valence-corrected chi connectivity index (χ1v) is 11.6. The smallest absolute Gasteiger partial charge is 0.272 e. The molecule has 0 bridgehead atoms. The summed E-state index contributed by atoms with van der Waals surface area (Å²) in [6.45, 7) is 13.9. The summed E-state index contributed by atoms with van der Waals surface area (Å²) in [5, 5.41) is 1.60. The number of carbonyl (C=O) groups excluding carboxylic acids is 1. The molecule has 3 rings (SSSR count). The Balaban J connectivity index is 0.00000320. The summed E-state index contributed by atoms with van der Waals surface area (Å²) < 4.78 is 6.75. The molecule has 0 fully saturated rings. The van der Waals surface area contributed by atoms with Gasteiger partial charge in [-0.3, -0.25) is 9.69 Å². The van der Waals surface area contributed by atoms with Gasteiger partial charge in [-0.1, -0.05) is 31.3 Å². The molecule has 9 heteroatoms. The Morgan fingerprint density at radius 3 is 2.40 bits per heavy atom. The molecule has 1 aromatic carbocycles. The van der Waals surface area contributed by atoms with Crippen molar-refractivity contribution in [1.82, 2.24) is 14.9 Å². The topological polar surface area (TPSA) is 58.6 Å². The molecule has 2 aromatic heterocycles. The average molecular weight is 469 g/mol. The molecule has 0 saturated carbocycles. The zero-order valence-corrected chi connectivity index (χ0v) is 20.5. The second-order valence-corrected chi connectivity index (χ2v) is 8.88. The average Bonchev–Trinajstić information content (AvgIpc) is 3.28. The number of hydrogen-bond acceptors (Lipinski definition) is 7. The third kappa shape index (κ3) is 5.29. The highest BCUT2D eigenvalue weighted by molar-refractivity contribution is 7.22. The molecule has 30 heavy (non-hydrogen) atoms. The van der Waals surface area contributed by atoms with Gasteiger partial charge in [-0.25, -0.2) is 9.97 Å². The van der Waals surface area contributed by atoms with Gasteiger partial charge in [-0.15, -0.1) is 23.7 Å². The first kappa shape index (κ1) is 24.5. The van der Waals surface area contributed by atoms with Crippen molar-refractivity contribution in [3.8, 4) is 5.75 Å². The highest BCUT2D eigenvalue weighted by Gasteiger charge is 2.25. The third-order valence-electron chi connectivity index (χ3n) is 4.78. The van der Waals surface area contributed by atoms with Gasteiger partial charge in [-0.2, -0.15) is 0 Å². The lowest BCUT2D eigenvalue weighted by molar-refractivity contribution is 0.0987. The molecule has 0 atom stereocenters. The zero-order chi connectivity index (χ0) is 21.0. The van der Waals surface area contributed by atoms with Gasteiger partial charge in [-0.05, 0) is 46.0 Å². The Morgan fingerprint density at radius 2 is 1.80 bits per heavy atom. The Morgan fingerprint density at radius 1 is 1.07 bits per heavy atom. The number of aromatic nitrogens is 2. The summed E-state index contributed by atoms with van der Waals surface area (Å²) in [7, 11) is 0. The number of nitrogens with zero attached hydrogens (tertiary/aromatic N) is 4. The molecule has 0 aliphatic heterocycles. The van der Waals surface area contributed by atoms with Crippen molar-refractivity contribution in [3.63, 3.8) is 0 Å². The number of ether oxygens (including phenoxy) is 1. The molecule has 0 radical (unpaired) electrons. The van der Waals surface area contributed by atoms with Crippen LogP contribution < -0.4 is 9.64 Å². The highest BCUT2D eigenvalue weighted by atomic mass is 35.5. The molecule has 0 N–H and O–H groups in total. The lowest BCUT2D eigenvalue weighted by atomic mass is 10.3. The van der Waals surface area contributed by atoms with E-state index in [1.165, 1.54) is 22.7 Å². The Kier molecular flexibility index (Phi) is 9.03. The summed E-state index contributed by atoms with van der Waals surface area (Å²) in [6.07, 6.45) is 0. The fraction of sp³-hybridized carbons (Fsp3) is 0.476. The van der Waals surface area contributed by atoms with Crippen LogP contribution in [0.5, 0.6) is 5.75 Å². The van der Waals surface area contributed by atoms with Crippen molar-refractivity contribution in [2.75, 3.05) is 37.7 Å². The van der Waals surface area contributed by atoms with Crippen LogP contribution >= 0.6 is 35.1 Å². The molecule has 0 unspecified atom stereocenters. The summed E-state index contributed by atoms with van der Waals surface area (Å²) in [5.74, 6) is 0.728. The number of benzene rings is 1. The summed E-state index contributed by atoms with van der Waals surface area (Å²) in [4.78, 5) is 27.5. The number of rotatable bonds is 9. The molecule has 0 spiro atoms. The predicted octanol–water partition coefficient (Wildman–Crippen LogP) is 5.18. The summed E-state index contributed by atoms with van der Waals surface area (Å²) in [5.41, 5.74) is 1.59. The van der Waals surface area contributed by atoms with Gasteiger partial charge in [0.25, 0.3) is 5.91 Å². The van der Waals surface area contributed by atoms with E-state index >= 15 is 0 Å². The van der Waals surface area contributed by atoms with Gasteiger partial charge in [0.05, 0.1) is 22.0 Å². The Labute approximate surface area is 192 Å². The van der Waals surface area contributed by atoms with Crippen LogP contribution in [0.2, 0.25) is 0 Å². The number of hydrogen-bond donors (Lipinski definition) is 0. The SMILES string of the molecule is CCOc1cccc2sc(N(CCN(CC)CC)C(=O)c3sc(C)nc3C)nc12.Cl. The first-order chi connectivity index (χ1) is 14.0. The van der Waals surface area contributed by atoms with E-state index in [0.29, 0.717) is 23.2 Å². The fourth-order valence-corrected chi connectivity index (χ4v) is 5.09. The number of halogens is 1. The molecule has 6 nitrogen and oxygen atoms in total. The maximum absolute atomic E-state index is 13.5. The number of anilines is 1. The standard InChI is InChI=1S/C21H28N4O2S2.ClH/c1-6-24(7-2)12-13-25(20(26)19-14(4)22-15(5)28-19)21-23-18-16(27-8-3)10-9-11-17(18)29-21;/h9-11H,6-8,12-13H2,1-5H3;1H. The number of fused-ring (bicyclic) bond motifs is 1. The Hall–Kier alpha value is -1.74.